The van der Waals surface area contributed by atoms with Crippen LogP contribution in [0.2, 0.25) is 0 Å². The highest BCUT2D eigenvalue weighted by Gasteiger charge is 2.44. The fourth-order valence-electron chi connectivity index (χ4n) is 4.44. The van der Waals surface area contributed by atoms with Gasteiger partial charge in [-0.05, 0) is 69.7 Å². The number of hydrogen-bond acceptors (Lipinski definition) is 6. The SMILES string of the molecule is CC(=O)c1ccc(C(=O)N2C[C@H]3C[C@@H](Oc4ccc(C)nc4C)[C@H](O)C[C@H]3C2)s1. The topological polar surface area (TPSA) is 79.7 Å². The number of hydrogen-bond donors (Lipinski definition) is 1. The van der Waals surface area contributed by atoms with Gasteiger partial charge in [0.25, 0.3) is 5.91 Å². The summed E-state index contributed by atoms with van der Waals surface area (Å²) >= 11 is 1.25. The number of carbonyl (C=O) groups excluding carboxylic acids is 2. The van der Waals surface area contributed by atoms with Crippen molar-refractivity contribution < 1.29 is 19.4 Å². The summed E-state index contributed by atoms with van der Waals surface area (Å²) < 4.78 is 6.12. The third kappa shape index (κ3) is 4.07. The van der Waals surface area contributed by atoms with E-state index in [-0.39, 0.29) is 23.7 Å². The van der Waals surface area contributed by atoms with Gasteiger partial charge in [0.1, 0.15) is 11.9 Å². The molecule has 0 aromatic carbocycles. The summed E-state index contributed by atoms with van der Waals surface area (Å²) in [6.07, 6.45) is 0.491. The minimum atomic E-state index is -0.557. The fourth-order valence-corrected chi connectivity index (χ4v) is 5.31. The molecule has 4 rings (SSSR count). The summed E-state index contributed by atoms with van der Waals surface area (Å²) in [5.74, 6) is 1.24. The van der Waals surface area contributed by atoms with Crippen LogP contribution >= 0.6 is 11.3 Å². The van der Waals surface area contributed by atoms with Crippen LogP contribution in [0.25, 0.3) is 0 Å². The van der Waals surface area contributed by atoms with Gasteiger partial charge < -0.3 is 14.7 Å². The number of ether oxygens (including phenoxy) is 1. The van der Waals surface area contributed by atoms with Crippen molar-refractivity contribution in [1.29, 1.82) is 0 Å². The number of ketones is 1. The Bertz CT molecular complexity index is 941. The Morgan fingerprint density at radius 3 is 2.45 bits per heavy atom. The van der Waals surface area contributed by atoms with Gasteiger partial charge in [-0.25, -0.2) is 0 Å². The zero-order valence-corrected chi connectivity index (χ0v) is 17.7. The van der Waals surface area contributed by atoms with Gasteiger partial charge in [-0.1, -0.05) is 0 Å². The number of carbonyl (C=O) groups is 2. The van der Waals surface area contributed by atoms with Crippen LogP contribution in [0, 0.1) is 25.7 Å². The van der Waals surface area contributed by atoms with E-state index in [1.165, 1.54) is 18.3 Å². The van der Waals surface area contributed by atoms with Crippen LogP contribution in [0.1, 0.15) is 50.5 Å². The number of likely N-dealkylation sites (tertiary alicyclic amines) is 1. The van der Waals surface area contributed by atoms with Gasteiger partial charge in [-0.2, -0.15) is 0 Å². The third-order valence-corrected chi connectivity index (χ3v) is 7.16. The van der Waals surface area contributed by atoms with Crippen LogP contribution < -0.4 is 4.74 Å². The molecule has 29 heavy (non-hydrogen) atoms. The van der Waals surface area contributed by atoms with Crippen molar-refractivity contribution in [3.8, 4) is 5.75 Å². The Kier molecular flexibility index (Phi) is 5.44. The summed E-state index contributed by atoms with van der Waals surface area (Å²) in [6.45, 7) is 6.66. The molecule has 2 aromatic rings. The molecular weight excluding hydrogens is 388 g/mol. The minimum Gasteiger partial charge on any atom is -0.486 e. The number of aliphatic hydroxyl groups excluding tert-OH is 1. The van der Waals surface area contributed by atoms with Gasteiger partial charge in [0.15, 0.2) is 5.78 Å². The van der Waals surface area contributed by atoms with Gasteiger partial charge in [0, 0.05) is 18.8 Å². The maximum absolute atomic E-state index is 12.9. The molecule has 1 saturated heterocycles. The lowest BCUT2D eigenvalue weighted by molar-refractivity contribution is -0.0236. The van der Waals surface area contributed by atoms with E-state index in [0.29, 0.717) is 47.4 Å². The highest BCUT2D eigenvalue weighted by atomic mass is 32.1. The minimum absolute atomic E-state index is 0.0202. The van der Waals surface area contributed by atoms with Gasteiger partial charge >= 0.3 is 0 Å². The number of amides is 1. The Morgan fingerprint density at radius 1 is 1.10 bits per heavy atom. The Hall–Kier alpha value is -2.25. The number of thiophene rings is 1. The zero-order chi connectivity index (χ0) is 20.7. The van der Waals surface area contributed by atoms with Crippen molar-refractivity contribution in [2.75, 3.05) is 13.1 Å². The van der Waals surface area contributed by atoms with Crippen molar-refractivity contribution in [2.45, 2.75) is 45.8 Å². The van der Waals surface area contributed by atoms with Crippen LogP contribution in [0.4, 0.5) is 0 Å². The van der Waals surface area contributed by atoms with Crippen molar-refractivity contribution >= 4 is 23.0 Å². The predicted molar refractivity (Wildman–Crippen MR) is 111 cm³/mol. The van der Waals surface area contributed by atoms with Crippen LogP contribution in [0.15, 0.2) is 24.3 Å². The van der Waals surface area contributed by atoms with Gasteiger partial charge in [-0.15, -0.1) is 11.3 Å². The molecule has 6 nitrogen and oxygen atoms in total. The smallest absolute Gasteiger partial charge is 0.263 e. The summed E-state index contributed by atoms with van der Waals surface area (Å²) in [5, 5.41) is 10.6. The number of aromatic nitrogens is 1. The molecule has 7 heteroatoms. The maximum atomic E-state index is 12.9. The predicted octanol–water partition coefficient (Wildman–Crippen LogP) is 3.25. The lowest BCUT2D eigenvalue weighted by Gasteiger charge is -2.35. The second-order valence-corrected chi connectivity index (χ2v) is 9.27. The van der Waals surface area contributed by atoms with E-state index in [1.54, 1.807) is 12.1 Å². The molecule has 1 aliphatic heterocycles. The van der Waals surface area contributed by atoms with Crippen LogP contribution in [-0.2, 0) is 0 Å². The first kappa shape index (κ1) is 20.0. The summed E-state index contributed by atoms with van der Waals surface area (Å²) in [4.78, 5) is 31.9. The lowest BCUT2D eigenvalue weighted by atomic mass is 9.78. The maximum Gasteiger partial charge on any atom is 0.263 e. The number of aryl methyl sites for hydroxylation is 2. The van der Waals surface area contributed by atoms with E-state index in [9.17, 15) is 14.7 Å². The second kappa shape index (κ2) is 7.88. The lowest BCUT2D eigenvalue weighted by Crippen LogP contribution is -2.42. The molecule has 1 amide bonds. The molecule has 0 bridgehead atoms. The first-order valence-corrected chi connectivity index (χ1v) is 10.8. The van der Waals surface area contributed by atoms with E-state index >= 15 is 0 Å². The normalized spacial score (nSPS) is 26.3. The number of pyridine rings is 1. The van der Waals surface area contributed by atoms with Crippen LogP contribution in [0.5, 0.6) is 5.75 Å². The van der Waals surface area contributed by atoms with Gasteiger partial charge in [-0.3, -0.25) is 14.6 Å². The van der Waals surface area contributed by atoms with Crippen molar-refractivity contribution in [3.63, 3.8) is 0 Å². The standard InChI is InChI=1S/C22H26N2O4S/c1-12-4-5-18(13(2)23-12)28-19-9-16-11-24(10-15(16)8-17(19)26)22(27)21-7-6-20(29-21)14(3)25/h4-7,15-17,19,26H,8-11H2,1-3H3/t15-,16+,17+,19+/m0/s1. The molecule has 0 unspecified atom stereocenters. The molecule has 0 spiro atoms. The van der Waals surface area contributed by atoms with E-state index in [1.807, 2.05) is 30.9 Å². The molecule has 0 radical (unpaired) electrons. The number of Topliss-reactive ketones (excluding diaryl/α,β-unsaturated/α-hetero) is 1. The molecule has 2 aromatic heterocycles. The van der Waals surface area contributed by atoms with Crippen molar-refractivity contribution in [2.24, 2.45) is 11.8 Å². The summed E-state index contributed by atoms with van der Waals surface area (Å²) in [6, 6.07) is 7.27. The van der Waals surface area contributed by atoms with Crippen molar-refractivity contribution in [3.05, 3.63) is 45.4 Å². The molecule has 1 saturated carbocycles. The average Bonchev–Trinajstić information content (AvgIpc) is 3.30. The van der Waals surface area contributed by atoms with E-state index in [2.05, 4.69) is 4.98 Å². The van der Waals surface area contributed by atoms with Crippen molar-refractivity contribution in [1.82, 2.24) is 9.88 Å². The number of nitrogens with zero attached hydrogens (tertiary/aromatic N) is 2. The molecule has 2 aliphatic rings. The molecular formula is C22H26N2O4S. The fraction of sp³-hybridized carbons (Fsp3) is 0.500. The van der Waals surface area contributed by atoms with E-state index in [0.717, 1.165) is 11.4 Å². The molecule has 4 atom stereocenters. The highest BCUT2D eigenvalue weighted by molar-refractivity contribution is 7.15. The Labute approximate surface area is 174 Å². The first-order valence-electron chi connectivity index (χ1n) is 10.0. The first-order chi connectivity index (χ1) is 13.8. The number of aliphatic hydroxyl groups is 1. The number of rotatable bonds is 4. The average molecular weight is 415 g/mol. The zero-order valence-electron chi connectivity index (χ0n) is 16.9. The molecule has 1 N–H and O–H groups in total. The van der Waals surface area contributed by atoms with Crippen LogP contribution in [0.3, 0.4) is 0 Å². The van der Waals surface area contributed by atoms with Gasteiger partial charge in [0.05, 0.1) is 21.6 Å². The molecule has 2 fully saturated rings. The number of fused-ring (bicyclic) bond motifs is 1. The van der Waals surface area contributed by atoms with E-state index < -0.39 is 6.10 Å². The van der Waals surface area contributed by atoms with Crippen LogP contribution in [-0.4, -0.2) is 52.0 Å². The molecule has 3 heterocycles. The third-order valence-electron chi connectivity index (χ3n) is 5.99. The summed E-state index contributed by atoms with van der Waals surface area (Å²) in [5.41, 5.74) is 1.76. The second-order valence-electron chi connectivity index (χ2n) is 8.18. The Balaban J connectivity index is 1.43. The quantitative estimate of drug-likeness (QED) is 0.777. The molecule has 1 aliphatic carbocycles. The monoisotopic (exact) mass is 414 g/mol. The summed E-state index contributed by atoms with van der Waals surface area (Å²) in [7, 11) is 0. The molecule has 154 valence electrons. The Morgan fingerprint density at radius 2 is 1.79 bits per heavy atom. The largest absolute Gasteiger partial charge is 0.486 e. The highest BCUT2D eigenvalue weighted by Crippen LogP contribution is 2.39. The van der Waals surface area contributed by atoms with Gasteiger partial charge in [0.2, 0.25) is 0 Å². The van der Waals surface area contributed by atoms with E-state index in [4.69, 9.17) is 4.74 Å².